The molecule has 2 aromatic rings. The molecule has 0 fully saturated rings. The van der Waals surface area contributed by atoms with E-state index in [2.05, 4.69) is 29.0 Å². The third-order valence-corrected chi connectivity index (χ3v) is 3.15. The number of carboxylic acids is 1. The Morgan fingerprint density at radius 2 is 2.11 bits per heavy atom. The minimum absolute atomic E-state index is 0.0423. The number of nitrogens with zero attached hydrogens (tertiary/aromatic N) is 1. The highest BCUT2D eigenvalue weighted by molar-refractivity contribution is 5.68. The topological polar surface area (TPSA) is 66.0 Å². The van der Waals surface area contributed by atoms with Gasteiger partial charge in [-0.3, -0.25) is 4.79 Å². The number of hydrogen-bond donors (Lipinski definition) is 2. The van der Waals surface area contributed by atoms with Gasteiger partial charge in [0, 0.05) is 12.4 Å². The molecule has 0 aliphatic heterocycles. The zero-order chi connectivity index (χ0) is 13.7. The van der Waals surface area contributed by atoms with Crippen molar-refractivity contribution in [3.8, 4) is 0 Å². The number of benzene rings is 1. The zero-order valence-electron chi connectivity index (χ0n) is 11.0. The summed E-state index contributed by atoms with van der Waals surface area (Å²) in [6.45, 7) is 2.14. The minimum Gasteiger partial charge on any atom is -0.481 e. The molecule has 1 aromatic carbocycles. The number of aliphatic carboxylic acids is 1. The molecular weight excluding hydrogens is 240 g/mol. The van der Waals surface area contributed by atoms with Gasteiger partial charge in [0.2, 0.25) is 0 Å². The molecule has 1 atom stereocenters. The second-order valence-electron chi connectivity index (χ2n) is 4.62. The van der Waals surface area contributed by atoms with Crippen molar-refractivity contribution in [1.82, 2.24) is 9.97 Å². The first-order valence-corrected chi connectivity index (χ1v) is 6.50. The molecule has 0 saturated heterocycles. The summed E-state index contributed by atoms with van der Waals surface area (Å²) < 4.78 is 0. The number of rotatable bonds is 6. The molecule has 0 radical (unpaired) electrons. The molecule has 0 aliphatic carbocycles. The fourth-order valence-corrected chi connectivity index (χ4v) is 2.22. The summed E-state index contributed by atoms with van der Waals surface area (Å²) in [7, 11) is 0. The van der Waals surface area contributed by atoms with Gasteiger partial charge in [0.15, 0.2) is 0 Å². The number of aryl methyl sites for hydroxylation is 1. The van der Waals surface area contributed by atoms with Gasteiger partial charge in [-0.25, -0.2) is 4.98 Å². The number of hydrogen-bond acceptors (Lipinski definition) is 2. The lowest BCUT2D eigenvalue weighted by Gasteiger charge is -2.13. The molecule has 0 amide bonds. The summed E-state index contributed by atoms with van der Waals surface area (Å²) >= 11 is 0. The molecule has 0 saturated carbocycles. The van der Waals surface area contributed by atoms with Crippen molar-refractivity contribution >= 4 is 5.97 Å². The average Bonchev–Trinajstić information content (AvgIpc) is 2.91. The molecule has 1 unspecified atom stereocenters. The molecule has 2 rings (SSSR count). The molecule has 0 spiro atoms. The van der Waals surface area contributed by atoms with E-state index in [-0.39, 0.29) is 12.3 Å². The standard InChI is InChI=1S/C15H18N2O2/c1-2-3-11-4-6-12(7-5-11)13(10-14(18)19)15-16-8-9-17-15/h4-9,13H,2-3,10H2,1H3,(H,16,17)(H,18,19). The highest BCUT2D eigenvalue weighted by Crippen LogP contribution is 2.25. The Morgan fingerprint density at radius 3 is 2.63 bits per heavy atom. The predicted molar refractivity (Wildman–Crippen MR) is 73.1 cm³/mol. The van der Waals surface area contributed by atoms with Crippen LogP contribution in [0.25, 0.3) is 0 Å². The molecule has 1 heterocycles. The lowest BCUT2D eigenvalue weighted by Crippen LogP contribution is -2.09. The Morgan fingerprint density at radius 1 is 1.37 bits per heavy atom. The lowest BCUT2D eigenvalue weighted by molar-refractivity contribution is -0.137. The van der Waals surface area contributed by atoms with Crippen molar-refractivity contribution in [3.63, 3.8) is 0 Å². The molecule has 100 valence electrons. The Labute approximate surface area is 112 Å². The molecule has 1 aromatic heterocycles. The number of aromatic nitrogens is 2. The Kier molecular flexibility index (Phi) is 4.34. The zero-order valence-corrected chi connectivity index (χ0v) is 11.0. The molecular formula is C15H18N2O2. The van der Waals surface area contributed by atoms with Crippen molar-refractivity contribution in [2.24, 2.45) is 0 Å². The highest BCUT2D eigenvalue weighted by atomic mass is 16.4. The van der Waals surface area contributed by atoms with E-state index < -0.39 is 5.97 Å². The maximum absolute atomic E-state index is 11.0. The molecule has 0 aliphatic rings. The van der Waals surface area contributed by atoms with Crippen LogP contribution < -0.4 is 0 Å². The van der Waals surface area contributed by atoms with Crippen LogP contribution >= 0.6 is 0 Å². The molecule has 2 N–H and O–H groups in total. The fourth-order valence-electron chi connectivity index (χ4n) is 2.22. The van der Waals surface area contributed by atoms with E-state index in [1.807, 2.05) is 12.1 Å². The summed E-state index contributed by atoms with van der Waals surface area (Å²) in [6.07, 6.45) is 5.56. The van der Waals surface area contributed by atoms with Crippen LogP contribution in [0.5, 0.6) is 0 Å². The van der Waals surface area contributed by atoms with E-state index >= 15 is 0 Å². The predicted octanol–water partition coefficient (Wildman–Crippen LogP) is 2.97. The second kappa shape index (κ2) is 6.18. The smallest absolute Gasteiger partial charge is 0.304 e. The van der Waals surface area contributed by atoms with Crippen molar-refractivity contribution in [1.29, 1.82) is 0 Å². The molecule has 4 nitrogen and oxygen atoms in total. The van der Waals surface area contributed by atoms with E-state index in [0.717, 1.165) is 18.4 Å². The number of nitrogens with one attached hydrogen (secondary N) is 1. The maximum atomic E-state index is 11.0. The summed E-state index contributed by atoms with van der Waals surface area (Å²) in [5.41, 5.74) is 2.26. The van der Waals surface area contributed by atoms with Crippen LogP contribution in [0, 0.1) is 0 Å². The normalized spacial score (nSPS) is 12.3. The van der Waals surface area contributed by atoms with Gasteiger partial charge in [0.25, 0.3) is 0 Å². The SMILES string of the molecule is CCCc1ccc(C(CC(=O)O)c2ncc[nH]2)cc1. The number of imidazole rings is 1. The van der Waals surface area contributed by atoms with Crippen molar-refractivity contribution in [3.05, 3.63) is 53.6 Å². The lowest BCUT2D eigenvalue weighted by atomic mass is 9.93. The third kappa shape index (κ3) is 3.44. The Balaban J connectivity index is 2.25. The van der Waals surface area contributed by atoms with Gasteiger partial charge in [-0.05, 0) is 17.5 Å². The maximum Gasteiger partial charge on any atom is 0.304 e. The van der Waals surface area contributed by atoms with Crippen molar-refractivity contribution < 1.29 is 9.90 Å². The first kappa shape index (κ1) is 13.3. The van der Waals surface area contributed by atoms with Gasteiger partial charge in [0.05, 0.1) is 12.3 Å². The van der Waals surface area contributed by atoms with Gasteiger partial charge < -0.3 is 10.1 Å². The summed E-state index contributed by atoms with van der Waals surface area (Å²) in [5.74, 6) is -0.340. The van der Waals surface area contributed by atoms with Gasteiger partial charge in [0.1, 0.15) is 5.82 Å². The van der Waals surface area contributed by atoms with Crippen LogP contribution in [-0.2, 0) is 11.2 Å². The fraction of sp³-hybridized carbons (Fsp3) is 0.333. The molecule has 0 bridgehead atoms. The number of carboxylic acid groups (broad SMARTS) is 1. The van der Waals surface area contributed by atoms with Gasteiger partial charge in [-0.1, -0.05) is 37.6 Å². The monoisotopic (exact) mass is 258 g/mol. The van der Waals surface area contributed by atoms with E-state index in [1.54, 1.807) is 12.4 Å². The van der Waals surface area contributed by atoms with Crippen LogP contribution in [0.1, 0.15) is 42.6 Å². The summed E-state index contributed by atoms with van der Waals surface area (Å²) in [5, 5.41) is 9.04. The van der Waals surface area contributed by atoms with Gasteiger partial charge in [-0.15, -0.1) is 0 Å². The third-order valence-electron chi connectivity index (χ3n) is 3.15. The second-order valence-corrected chi connectivity index (χ2v) is 4.62. The van der Waals surface area contributed by atoms with Gasteiger partial charge >= 0.3 is 5.97 Å². The largest absolute Gasteiger partial charge is 0.481 e. The summed E-state index contributed by atoms with van der Waals surface area (Å²) in [4.78, 5) is 18.2. The average molecular weight is 258 g/mol. The minimum atomic E-state index is -0.820. The van der Waals surface area contributed by atoms with Crippen LogP contribution in [0.4, 0.5) is 0 Å². The van der Waals surface area contributed by atoms with Gasteiger partial charge in [-0.2, -0.15) is 0 Å². The first-order chi connectivity index (χ1) is 9.20. The molecule has 19 heavy (non-hydrogen) atoms. The van der Waals surface area contributed by atoms with Crippen LogP contribution in [0.3, 0.4) is 0 Å². The van der Waals surface area contributed by atoms with E-state index in [4.69, 9.17) is 5.11 Å². The van der Waals surface area contributed by atoms with Crippen molar-refractivity contribution in [2.45, 2.75) is 32.1 Å². The summed E-state index contributed by atoms with van der Waals surface area (Å²) in [6, 6.07) is 8.13. The molecule has 4 heteroatoms. The number of carbonyl (C=O) groups is 1. The Hall–Kier alpha value is -2.10. The van der Waals surface area contributed by atoms with E-state index in [0.29, 0.717) is 5.82 Å². The number of aromatic amines is 1. The van der Waals surface area contributed by atoms with Crippen LogP contribution in [-0.4, -0.2) is 21.0 Å². The highest BCUT2D eigenvalue weighted by Gasteiger charge is 2.19. The van der Waals surface area contributed by atoms with Crippen LogP contribution in [0.15, 0.2) is 36.7 Å². The van der Waals surface area contributed by atoms with E-state index in [9.17, 15) is 4.79 Å². The number of H-pyrrole nitrogens is 1. The van der Waals surface area contributed by atoms with Crippen LogP contribution in [0.2, 0.25) is 0 Å². The Bertz CT molecular complexity index is 518. The van der Waals surface area contributed by atoms with Crippen molar-refractivity contribution in [2.75, 3.05) is 0 Å². The van der Waals surface area contributed by atoms with E-state index in [1.165, 1.54) is 5.56 Å². The quantitative estimate of drug-likeness (QED) is 0.837. The first-order valence-electron chi connectivity index (χ1n) is 6.50.